The van der Waals surface area contributed by atoms with Gasteiger partial charge < -0.3 is 10.8 Å². The maximum atomic E-state index is 9.83. The van der Waals surface area contributed by atoms with Crippen LogP contribution in [0.4, 0.5) is 0 Å². The topological polar surface area (TPSA) is 46.2 Å². The molecule has 1 atom stereocenters. The molecule has 2 aromatic carbocycles. The van der Waals surface area contributed by atoms with Crippen molar-refractivity contribution < 1.29 is 5.11 Å². The molecule has 0 saturated carbocycles. The van der Waals surface area contributed by atoms with Crippen molar-refractivity contribution in [2.24, 2.45) is 5.73 Å². The van der Waals surface area contributed by atoms with Gasteiger partial charge in [-0.25, -0.2) is 0 Å². The minimum Gasteiger partial charge on any atom is -0.507 e. The largest absolute Gasteiger partial charge is 0.507 e. The van der Waals surface area contributed by atoms with Gasteiger partial charge in [0, 0.05) is 11.6 Å². The molecule has 82 valence electrons. The van der Waals surface area contributed by atoms with E-state index in [-0.39, 0.29) is 11.8 Å². The first-order valence-electron chi connectivity index (χ1n) is 5.32. The second kappa shape index (κ2) is 4.37. The molecular formula is C14H15NO. The number of hydrogen-bond acceptors (Lipinski definition) is 2. The predicted molar refractivity (Wildman–Crippen MR) is 66.1 cm³/mol. The third-order valence-corrected chi connectivity index (χ3v) is 2.63. The lowest BCUT2D eigenvalue weighted by atomic mass is 9.99. The van der Waals surface area contributed by atoms with Crippen molar-refractivity contribution in [3.05, 3.63) is 54.1 Å². The summed E-state index contributed by atoms with van der Waals surface area (Å²) in [6.45, 7) is 1.93. The van der Waals surface area contributed by atoms with Gasteiger partial charge in [0.25, 0.3) is 0 Å². The van der Waals surface area contributed by atoms with E-state index in [9.17, 15) is 5.11 Å². The van der Waals surface area contributed by atoms with Crippen LogP contribution < -0.4 is 5.73 Å². The van der Waals surface area contributed by atoms with Gasteiger partial charge in [0.05, 0.1) is 0 Å². The summed E-state index contributed by atoms with van der Waals surface area (Å²) in [4.78, 5) is 0. The Morgan fingerprint density at radius 3 is 2.38 bits per heavy atom. The van der Waals surface area contributed by atoms with Gasteiger partial charge in [0.1, 0.15) is 5.75 Å². The maximum Gasteiger partial charge on any atom is 0.123 e. The average molecular weight is 213 g/mol. The highest BCUT2D eigenvalue weighted by Crippen LogP contribution is 2.30. The molecule has 2 aromatic rings. The second-order valence-electron chi connectivity index (χ2n) is 3.93. The third-order valence-electron chi connectivity index (χ3n) is 2.63. The molecule has 2 heteroatoms. The van der Waals surface area contributed by atoms with E-state index in [0.717, 1.165) is 16.7 Å². The lowest BCUT2D eigenvalue weighted by molar-refractivity contribution is 0.477. The molecule has 16 heavy (non-hydrogen) atoms. The zero-order chi connectivity index (χ0) is 11.5. The Balaban J connectivity index is 2.52. The van der Waals surface area contributed by atoms with Gasteiger partial charge in [0.2, 0.25) is 0 Å². The molecule has 0 saturated heterocycles. The fourth-order valence-electron chi connectivity index (χ4n) is 1.69. The first kappa shape index (κ1) is 10.7. The fraction of sp³-hybridized carbons (Fsp3) is 0.143. The predicted octanol–water partition coefficient (Wildman–Crippen LogP) is 3.08. The van der Waals surface area contributed by atoms with Crippen molar-refractivity contribution in [1.82, 2.24) is 0 Å². The number of benzene rings is 2. The first-order chi connectivity index (χ1) is 7.68. The van der Waals surface area contributed by atoms with E-state index >= 15 is 0 Å². The summed E-state index contributed by atoms with van der Waals surface area (Å²) >= 11 is 0. The van der Waals surface area contributed by atoms with Gasteiger partial charge in [-0.15, -0.1) is 0 Å². The Kier molecular flexibility index (Phi) is 2.93. The minimum absolute atomic E-state index is 0.0249. The monoisotopic (exact) mass is 213 g/mol. The Hall–Kier alpha value is -1.80. The molecular weight excluding hydrogens is 198 g/mol. The molecule has 2 nitrogen and oxygen atoms in total. The number of nitrogens with two attached hydrogens (primary N) is 1. The summed E-state index contributed by atoms with van der Waals surface area (Å²) < 4.78 is 0. The Bertz CT molecular complexity index is 477. The van der Waals surface area contributed by atoms with Gasteiger partial charge in [-0.2, -0.15) is 0 Å². The average Bonchev–Trinajstić information content (AvgIpc) is 2.30. The molecule has 0 radical (unpaired) electrons. The van der Waals surface area contributed by atoms with E-state index in [0.29, 0.717) is 0 Å². The van der Waals surface area contributed by atoms with Crippen LogP contribution in [-0.4, -0.2) is 5.11 Å². The number of aromatic hydroxyl groups is 1. The van der Waals surface area contributed by atoms with Crippen molar-refractivity contribution in [2.75, 3.05) is 0 Å². The SMILES string of the molecule is CC(N)c1ccc(O)c(-c2ccccc2)c1. The van der Waals surface area contributed by atoms with Gasteiger partial charge >= 0.3 is 0 Å². The van der Waals surface area contributed by atoms with E-state index in [1.807, 2.05) is 49.4 Å². The molecule has 3 N–H and O–H groups in total. The smallest absolute Gasteiger partial charge is 0.123 e. The first-order valence-corrected chi connectivity index (χ1v) is 5.32. The number of rotatable bonds is 2. The molecule has 0 fully saturated rings. The van der Waals surface area contributed by atoms with Crippen LogP contribution in [0.5, 0.6) is 5.75 Å². The molecule has 0 aromatic heterocycles. The zero-order valence-electron chi connectivity index (χ0n) is 9.22. The quantitative estimate of drug-likeness (QED) is 0.805. The molecule has 0 aliphatic rings. The van der Waals surface area contributed by atoms with Crippen LogP contribution >= 0.6 is 0 Å². The van der Waals surface area contributed by atoms with Gasteiger partial charge in [-0.1, -0.05) is 36.4 Å². The standard InChI is InChI=1S/C14H15NO/c1-10(15)12-7-8-14(16)13(9-12)11-5-3-2-4-6-11/h2-10,16H,15H2,1H3. The van der Waals surface area contributed by atoms with Crippen molar-refractivity contribution in [1.29, 1.82) is 0 Å². The third kappa shape index (κ3) is 2.07. The van der Waals surface area contributed by atoms with Crippen molar-refractivity contribution >= 4 is 0 Å². The van der Waals surface area contributed by atoms with Crippen molar-refractivity contribution in [3.63, 3.8) is 0 Å². The molecule has 0 spiro atoms. The van der Waals surface area contributed by atoms with E-state index in [1.165, 1.54) is 0 Å². The Morgan fingerprint density at radius 1 is 1.06 bits per heavy atom. The minimum atomic E-state index is -0.0249. The number of phenols is 1. The van der Waals surface area contributed by atoms with Crippen LogP contribution in [0, 0.1) is 0 Å². The lowest BCUT2D eigenvalue weighted by Crippen LogP contribution is -2.04. The van der Waals surface area contributed by atoms with E-state index < -0.39 is 0 Å². The van der Waals surface area contributed by atoms with E-state index in [4.69, 9.17) is 5.73 Å². The summed E-state index contributed by atoms with van der Waals surface area (Å²) in [6.07, 6.45) is 0. The molecule has 0 aliphatic heterocycles. The highest BCUT2D eigenvalue weighted by Gasteiger charge is 2.07. The van der Waals surface area contributed by atoms with E-state index in [2.05, 4.69) is 0 Å². The normalized spacial score (nSPS) is 12.4. The second-order valence-corrected chi connectivity index (χ2v) is 3.93. The van der Waals surface area contributed by atoms with Crippen molar-refractivity contribution in [3.8, 4) is 16.9 Å². The molecule has 0 amide bonds. The van der Waals surface area contributed by atoms with Crippen LogP contribution in [0.2, 0.25) is 0 Å². The van der Waals surface area contributed by atoms with Gasteiger partial charge in [0.15, 0.2) is 0 Å². The molecule has 0 bridgehead atoms. The van der Waals surface area contributed by atoms with Crippen LogP contribution in [0.3, 0.4) is 0 Å². The molecule has 1 unspecified atom stereocenters. The highest BCUT2D eigenvalue weighted by atomic mass is 16.3. The number of hydrogen-bond donors (Lipinski definition) is 2. The lowest BCUT2D eigenvalue weighted by Gasteiger charge is -2.10. The maximum absolute atomic E-state index is 9.83. The van der Waals surface area contributed by atoms with Crippen LogP contribution in [0.1, 0.15) is 18.5 Å². The molecule has 2 rings (SSSR count). The van der Waals surface area contributed by atoms with Crippen LogP contribution in [-0.2, 0) is 0 Å². The zero-order valence-corrected chi connectivity index (χ0v) is 9.22. The van der Waals surface area contributed by atoms with Crippen molar-refractivity contribution in [2.45, 2.75) is 13.0 Å². The molecule has 0 aliphatic carbocycles. The van der Waals surface area contributed by atoms with Crippen LogP contribution in [0.25, 0.3) is 11.1 Å². The van der Waals surface area contributed by atoms with E-state index in [1.54, 1.807) is 6.07 Å². The Labute approximate surface area is 95.4 Å². The molecule has 0 heterocycles. The summed E-state index contributed by atoms with van der Waals surface area (Å²) in [5.74, 6) is 0.288. The summed E-state index contributed by atoms with van der Waals surface area (Å²) in [5, 5.41) is 9.83. The summed E-state index contributed by atoms with van der Waals surface area (Å²) in [5.41, 5.74) is 8.69. The van der Waals surface area contributed by atoms with Crippen LogP contribution in [0.15, 0.2) is 48.5 Å². The summed E-state index contributed by atoms with van der Waals surface area (Å²) in [6, 6.07) is 15.3. The Morgan fingerprint density at radius 2 is 1.75 bits per heavy atom. The highest BCUT2D eigenvalue weighted by molar-refractivity contribution is 5.70. The fourth-order valence-corrected chi connectivity index (χ4v) is 1.69. The summed E-state index contributed by atoms with van der Waals surface area (Å²) in [7, 11) is 0. The van der Waals surface area contributed by atoms with Gasteiger partial charge in [-0.05, 0) is 30.2 Å². The van der Waals surface area contributed by atoms with Gasteiger partial charge in [-0.3, -0.25) is 0 Å². The number of phenolic OH excluding ortho intramolecular Hbond substituents is 1.